The second-order valence-electron chi connectivity index (χ2n) is 6.67. The van der Waals surface area contributed by atoms with E-state index < -0.39 is 0 Å². The van der Waals surface area contributed by atoms with Crippen LogP contribution in [-0.2, 0) is 11.2 Å². The van der Waals surface area contributed by atoms with E-state index in [1.54, 1.807) is 11.3 Å². The Bertz CT molecular complexity index is 1120. The molecule has 0 bridgehead atoms. The van der Waals surface area contributed by atoms with Crippen LogP contribution in [0.2, 0.25) is 0 Å². The maximum atomic E-state index is 13.0. The van der Waals surface area contributed by atoms with E-state index in [0.717, 1.165) is 11.5 Å². The molecular formula is C22H19FN4OS2. The van der Waals surface area contributed by atoms with Gasteiger partial charge in [-0.15, -0.1) is 21.5 Å². The van der Waals surface area contributed by atoms with Crippen molar-refractivity contribution in [2.24, 2.45) is 0 Å². The van der Waals surface area contributed by atoms with Gasteiger partial charge in [0.1, 0.15) is 11.6 Å². The Morgan fingerprint density at radius 1 is 1.10 bits per heavy atom. The maximum Gasteiger partial charge on any atom is 0.234 e. The first kappa shape index (κ1) is 20.3. The van der Waals surface area contributed by atoms with Crippen LogP contribution in [0.1, 0.15) is 16.3 Å². The number of rotatable bonds is 7. The molecule has 0 aliphatic rings. The van der Waals surface area contributed by atoms with Gasteiger partial charge in [-0.3, -0.25) is 9.36 Å². The number of hydrogen-bond acceptors (Lipinski definition) is 5. The van der Waals surface area contributed by atoms with Gasteiger partial charge in [0.15, 0.2) is 5.16 Å². The van der Waals surface area contributed by atoms with Gasteiger partial charge in [-0.05, 0) is 54.8 Å². The molecule has 1 N–H and O–H groups in total. The lowest BCUT2D eigenvalue weighted by Crippen LogP contribution is -2.14. The molecule has 0 fully saturated rings. The van der Waals surface area contributed by atoms with E-state index in [9.17, 15) is 9.18 Å². The minimum absolute atomic E-state index is 0.167. The predicted molar refractivity (Wildman–Crippen MR) is 119 cm³/mol. The Hall–Kier alpha value is -2.97. The van der Waals surface area contributed by atoms with Crippen LogP contribution in [0, 0.1) is 12.7 Å². The summed E-state index contributed by atoms with van der Waals surface area (Å²) in [6, 6.07) is 17.9. The Morgan fingerprint density at radius 2 is 1.87 bits per heavy atom. The van der Waals surface area contributed by atoms with Crippen LogP contribution in [0.4, 0.5) is 10.1 Å². The summed E-state index contributed by atoms with van der Waals surface area (Å²) in [6.07, 6.45) is 0.668. The predicted octanol–water partition coefficient (Wildman–Crippen LogP) is 5.10. The van der Waals surface area contributed by atoms with Crippen molar-refractivity contribution in [3.8, 4) is 5.69 Å². The van der Waals surface area contributed by atoms with Crippen LogP contribution in [0.15, 0.2) is 71.2 Å². The molecule has 2 heterocycles. The van der Waals surface area contributed by atoms with E-state index in [4.69, 9.17) is 0 Å². The van der Waals surface area contributed by atoms with Crippen molar-refractivity contribution in [3.63, 3.8) is 0 Å². The highest BCUT2D eigenvalue weighted by Crippen LogP contribution is 2.25. The van der Waals surface area contributed by atoms with Crippen molar-refractivity contribution in [2.75, 3.05) is 11.1 Å². The molecule has 5 nitrogen and oxygen atoms in total. The molecule has 2 aromatic carbocycles. The molecule has 4 rings (SSSR count). The number of nitrogens with zero attached hydrogens (tertiary/aromatic N) is 3. The quantitative estimate of drug-likeness (QED) is 0.408. The molecule has 0 saturated heterocycles. The zero-order valence-electron chi connectivity index (χ0n) is 16.2. The highest BCUT2D eigenvalue weighted by molar-refractivity contribution is 7.99. The summed E-state index contributed by atoms with van der Waals surface area (Å²) in [5.74, 6) is 0.458. The van der Waals surface area contributed by atoms with Gasteiger partial charge < -0.3 is 5.32 Å². The third-order valence-electron chi connectivity index (χ3n) is 4.37. The number of thiophene rings is 1. The lowest BCUT2D eigenvalue weighted by atomic mass is 10.2. The second kappa shape index (κ2) is 9.23. The molecule has 2 aromatic heterocycles. The number of halogens is 1. The number of amides is 1. The number of aromatic nitrogens is 3. The van der Waals surface area contributed by atoms with Gasteiger partial charge in [-0.2, -0.15) is 0 Å². The summed E-state index contributed by atoms with van der Waals surface area (Å²) < 4.78 is 15.0. The number of aryl methyl sites for hydroxylation is 1. The number of nitrogens with one attached hydrogen (secondary N) is 1. The minimum atomic E-state index is -0.341. The van der Waals surface area contributed by atoms with Crippen molar-refractivity contribution in [2.45, 2.75) is 18.5 Å². The fraction of sp³-hybridized carbons (Fsp3) is 0.136. The summed E-state index contributed by atoms with van der Waals surface area (Å²) in [4.78, 5) is 13.5. The van der Waals surface area contributed by atoms with Crippen LogP contribution >= 0.6 is 23.1 Å². The fourth-order valence-electron chi connectivity index (χ4n) is 2.89. The molecular weight excluding hydrogens is 419 g/mol. The summed E-state index contributed by atoms with van der Waals surface area (Å²) in [5.41, 5.74) is 2.68. The fourth-order valence-corrected chi connectivity index (χ4v) is 4.36. The highest BCUT2D eigenvalue weighted by atomic mass is 32.2. The molecule has 0 aliphatic heterocycles. The van der Waals surface area contributed by atoms with Crippen LogP contribution in [-0.4, -0.2) is 26.4 Å². The zero-order valence-corrected chi connectivity index (χ0v) is 17.8. The van der Waals surface area contributed by atoms with Gasteiger partial charge in [0, 0.05) is 22.7 Å². The number of carbonyl (C=O) groups excluding carboxylic acids is 1. The normalized spacial score (nSPS) is 10.9. The zero-order chi connectivity index (χ0) is 20.9. The number of carbonyl (C=O) groups is 1. The summed E-state index contributed by atoms with van der Waals surface area (Å²) in [6.45, 7) is 2.04. The third kappa shape index (κ3) is 4.95. The smallest absolute Gasteiger partial charge is 0.234 e. The number of anilines is 1. The standard InChI is InChI=1S/C22H19FN4OS2/c1-15-4-10-18(11-5-15)27-20(13-19-3-2-12-29-19)25-26-22(27)30-14-21(28)24-17-8-6-16(23)7-9-17/h2-12H,13-14H2,1H3,(H,24,28). The Kier molecular flexibility index (Phi) is 6.25. The molecule has 30 heavy (non-hydrogen) atoms. The van der Waals surface area contributed by atoms with Gasteiger partial charge in [-0.1, -0.05) is 35.5 Å². The average molecular weight is 439 g/mol. The van der Waals surface area contributed by atoms with E-state index in [-0.39, 0.29) is 17.5 Å². The first-order valence-electron chi connectivity index (χ1n) is 9.30. The summed E-state index contributed by atoms with van der Waals surface area (Å²) in [5, 5.41) is 14.2. The highest BCUT2D eigenvalue weighted by Gasteiger charge is 2.17. The molecule has 0 radical (unpaired) electrons. The topological polar surface area (TPSA) is 59.8 Å². The van der Waals surface area contributed by atoms with Crippen molar-refractivity contribution >= 4 is 34.7 Å². The van der Waals surface area contributed by atoms with Gasteiger partial charge in [-0.25, -0.2) is 4.39 Å². The average Bonchev–Trinajstić information content (AvgIpc) is 3.39. The van der Waals surface area contributed by atoms with Crippen LogP contribution < -0.4 is 5.32 Å². The van der Waals surface area contributed by atoms with Crippen LogP contribution in [0.3, 0.4) is 0 Å². The lowest BCUT2D eigenvalue weighted by Gasteiger charge is -2.10. The van der Waals surface area contributed by atoms with Crippen molar-refractivity contribution in [1.29, 1.82) is 0 Å². The lowest BCUT2D eigenvalue weighted by molar-refractivity contribution is -0.113. The second-order valence-corrected chi connectivity index (χ2v) is 8.64. The largest absolute Gasteiger partial charge is 0.325 e. The van der Waals surface area contributed by atoms with E-state index in [1.807, 2.05) is 47.2 Å². The van der Waals surface area contributed by atoms with Gasteiger partial charge >= 0.3 is 0 Å². The van der Waals surface area contributed by atoms with Crippen molar-refractivity contribution in [1.82, 2.24) is 14.8 Å². The van der Waals surface area contributed by atoms with Gasteiger partial charge in [0.2, 0.25) is 5.91 Å². The third-order valence-corrected chi connectivity index (χ3v) is 6.17. The molecule has 0 spiro atoms. The van der Waals surface area contributed by atoms with E-state index in [2.05, 4.69) is 21.6 Å². The molecule has 0 aliphatic carbocycles. The van der Waals surface area contributed by atoms with E-state index >= 15 is 0 Å². The van der Waals surface area contributed by atoms with E-state index in [0.29, 0.717) is 17.3 Å². The molecule has 1 amide bonds. The minimum Gasteiger partial charge on any atom is -0.325 e. The summed E-state index contributed by atoms with van der Waals surface area (Å²) in [7, 11) is 0. The van der Waals surface area contributed by atoms with Crippen LogP contribution in [0.25, 0.3) is 5.69 Å². The van der Waals surface area contributed by atoms with E-state index in [1.165, 1.54) is 46.5 Å². The molecule has 8 heteroatoms. The van der Waals surface area contributed by atoms with Crippen molar-refractivity contribution in [3.05, 3.63) is 88.1 Å². The molecule has 0 atom stereocenters. The SMILES string of the molecule is Cc1ccc(-n2c(Cc3cccs3)nnc2SCC(=O)Nc2ccc(F)cc2)cc1. The van der Waals surface area contributed by atoms with Crippen molar-refractivity contribution < 1.29 is 9.18 Å². The molecule has 4 aromatic rings. The Balaban J connectivity index is 1.53. The van der Waals surface area contributed by atoms with Gasteiger partial charge in [0.05, 0.1) is 5.75 Å². The van der Waals surface area contributed by atoms with Gasteiger partial charge in [0.25, 0.3) is 0 Å². The first-order chi connectivity index (χ1) is 14.6. The summed E-state index contributed by atoms with van der Waals surface area (Å²) >= 11 is 2.99. The number of thioether (sulfide) groups is 1. The number of benzene rings is 2. The molecule has 152 valence electrons. The Morgan fingerprint density at radius 3 is 2.57 bits per heavy atom. The monoisotopic (exact) mass is 438 g/mol. The van der Waals surface area contributed by atoms with Crippen LogP contribution in [0.5, 0.6) is 0 Å². The molecule has 0 saturated carbocycles. The Labute approximate surface area is 182 Å². The first-order valence-corrected chi connectivity index (χ1v) is 11.2. The maximum absolute atomic E-state index is 13.0. The molecule has 0 unspecified atom stereocenters. The number of hydrogen-bond donors (Lipinski definition) is 1.